The van der Waals surface area contributed by atoms with Crippen molar-refractivity contribution in [2.24, 2.45) is 5.92 Å². The van der Waals surface area contributed by atoms with Gasteiger partial charge >= 0.3 is 0 Å². The molecule has 1 nitrogen and oxygen atoms in total. The van der Waals surface area contributed by atoms with E-state index in [1.165, 1.54) is 24.1 Å². The lowest BCUT2D eigenvalue weighted by Crippen LogP contribution is -2.19. The van der Waals surface area contributed by atoms with Crippen molar-refractivity contribution in [2.75, 3.05) is 13.1 Å². The Labute approximate surface area is 89.5 Å². The molecule has 1 aliphatic carbocycles. The van der Waals surface area contributed by atoms with E-state index in [1.54, 1.807) is 0 Å². The highest BCUT2D eigenvalue weighted by Gasteiger charge is 2.57. The Morgan fingerprint density at radius 3 is 2.93 bits per heavy atom. The third kappa shape index (κ3) is 1.06. The zero-order valence-electron chi connectivity index (χ0n) is 8.31. The minimum Gasteiger partial charge on any atom is -0.316 e. The van der Waals surface area contributed by atoms with E-state index in [0.29, 0.717) is 5.41 Å². The molecule has 0 radical (unpaired) electrons. The van der Waals surface area contributed by atoms with Crippen LogP contribution in [0, 0.1) is 12.8 Å². The fourth-order valence-electron chi connectivity index (χ4n) is 2.69. The normalized spacial score (nSPS) is 34.3. The molecular formula is C12H14ClN. The molecule has 1 aromatic carbocycles. The van der Waals surface area contributed by atoms with Gasteiger partial charge in [-0.1, -0.05) is 23.7 Å². The Morgan fingerprint density at radius 2 is 2.36 bits per heavy atom. The van der Waals surface area contributed by atoms with E-state index in [-0.39, 0.29) is 0 Å². The molecule has 2 unspecified atom stereocenters. The van der Waals surface area contributed by atoms with E-state index in [2.05, 4.69) is 30.4 Å². The van der Waals surface area contributed by atoms with Gasteiger partial charge in [0.15, 0.2) is 0 Å². The number of piperidine rings is 1. The second-order valence-corrected chi connectivity index (χ2v) is 5.06. The van der Waals surface area contributed by atoms with E-state index in [4.69, 9.17) is 11.6 Å². The Balaban J connectivity index is 2.01. The van der Waals surface area contributed by atoms with E-state index in [1.807, 2.05) is 0 Å². The molecule has 3 rings (SSSR count). The predicted molar refractivity (Wildman–Crippen MR) is 58.8 cm³/mol. The van der Waals surface area contributed by atoms with Gasteiger partial charge in [-0.3, -0.25) is 0 Å². The van der Waals surface area contributed by atoms with Gasteiger partial charge in [-0.05, 0) is 43.0 Å². The number of nitrogens with one attached hydrogen (secondary N) is 1. The molecule has 2 aliphatic rings. The molecule has 1 saturated carbocycles. The molecule has 1 saturated heterocycles. The molecule has 1 heterocycles. The first-order valence-electron chi connectivity index (χ1n) is 5.20. The molecule has 2 heteroatoms. The predicted octanol–water partition coefficient (Wildman–Crippen LogP) is 2.51. The largest absolute Gasteiger partial charge is 0.316 e. The fraction of sp³-hybridized carbons (Fsp3) is 0.500. The average Bonchev–Trinajstić information content (AvgIpc) is 2.75. The number of aryl methyl sites for hydroxylation is 1. The van der Waals surface area contributed by atoms with Crippen molar-refractivity contribution >= 4 is 11.6 Å². The molecule has 1 aromatic rings. The molecular weight excluding hydrogens is 194 g/mol. The van der Waals surface area contributed by atoms with Crippen LogP contribution in [-0.4, -0.2) is 13.1 Å². The zero-order chi connectivity index (χ0) is 9.76. The summed E-state index contributed by atoms with van der Waals surface area (Å²) in [5.41, 5.74) is 3.05. The third-order valence-electron chi connectivity index (χ3n) is 3.81. The molecule has 0 spiro atoms. The number of halogens is 1. The third-order valence-corrected chi connectivity index (χ3v) is 4.22. The lowest BCUT2D eigenvalue weighted by Gasteiger charge is -2.13. The zero-order valence-corrected chi connectivity index (χ0v) is 9.06. The van der Waals surface area contributed by atoms with Crippen molar-refractivity contribution in [3.05, 3.63) is 34.3 Å². The van der Waals surface area contributed by atoms with Gasteiger partial charge in [0.05, 0.1) is 0 Å². The van der Waals surface area contributed by atoms with E-state index in [9.17, 15) is 0 Å². The van der Waals surface area contributed by atoms with Crippen LogP contribution in [0.25, 0.3) is 0 Å². The standard InChI is InChI=1S/C12H14ClN/c1-8-2-3-9(4-11(8)13)12-5-10(12)6-14-7-12/h2-4,10,14H,5-7H2,1H3. The van der Waals surface area contributed by atoms with Crippen molar-refractivity contribution < 1.29 is 0 Å². The Kier molecular flexibility index (Phi) is 1.71. The maximum atomic E-state index is 6.15. The summed E-state index contributed by atoms with van der Waals surface area (Å²) in [5, 5.41) is 4.36. The van der Waals surface area contributed by atoms with Crippen LogP contribution in [0.4, 0.5) is 0 Å². The summed E-state index contributed by atoms with van der Waals surface area (Å²) in [4.78, 5) is 0. The highest BCUT2D eigenvalue weighted by Crippen LogP contribution is 2.56. The fourth-order valence-corrected chi connectivity index (χ4v) is 2.87. The first-order chi connectivity index (χ1) is 6.72. The van der Waals surface area contributed by atoms with Gasteiger partial charge in [-0.2, -0.15) is 0 Å². The van der Waals surface area contributed by atoms with Crippen LogP contribution < -0.4 is 5.32 Å². The smallest absolute Gasteiger partial charge is 0.0438 e. The van der Waals surface area contributed by atoms with Gasteiger partial charge in [0, 0.05) is 17.0 Å². The van der Waals surface area contributed by atoms with Crippen molar-refractivity contribution in [3.8, 4) is 0 Å². The van der Waals surface area contributed by atoms with Gasteiger partial charge in [0.25, 0.3) is 0 Å². The molecule has 0 bridgehead atoms. The molecule has 14 heavy (non-hydrogen) atoms. The second-order valence-electron chi connectivity index (χ2n) is 4.65. The van der Waals surface area contributed by atoms with Crippen LogP contribution in [0.2, 0.25) is 5.02 Å². The van der Waals surface area contributed by atoms with Crippen molar-refractivity contribution in [1.29, 1.82) is 0 Å². The van der Waals surface area contributed by atoms with Crippen molar-refractivity contribution in [1.82, 2.24) is 5.32 Å². The number of hydrogen-bond donors (Lipinski definition) is 1. The van der Waals surface area contributed by atoms with E-state index in [0.717, 1.165) is 17.5 Å². The number of benzene rings is 1. The summed E-state index contributed by atoms with van der Waals surface area (Å²) in [7, 11) is 0. The Hall–Kier alpha value is -0.530. The molecule has 1 N–H and O–H groups in total. The first-order valence-corrected chi connectivity index (χ1v) is 5.57. The van der Waals surface area contributed by atoms with Gasteiger partial charge < -0.3 is 5.32 Å². The summed E-state index contributed by atoms with van der Waals surface area (Å²) < 4.78 is 0. The highest BCUT2D eigenvalue weighted by molar-refractivity contribution is 6.31. The lowest BCUT2D eigenvalue weighted by atomic mass is 9.94. The van der Waals surface area contributed by atoms with Crippen LogP contribution in [0.3, 0.4) is 0 Å². The van der Waals surface area contributed by atoms with Crippen LogP contribution in [-0.2, 0) is 5.41 Å². The van der Waals surface area contributed by atoms with Gasteiger partial charge in [-0.15, -0.1) is 0 Å². The molecule has 74 valence electrons. The minimum absolute atomic E-state index is 0.442. The van der Waals surface area contributed by atoms with E-state index >= 15 is 0 Å². The molecule has 0 aromatic heterocycles. The summed E-state index contributed by atoms with van der Waals surface area (Å²) in [6.07, 6.45) is 1.35. The summed E-state index contributed by atoms with van der Waals surface area (Å²) >= 11 is 6.15. The van der Waals surface area contributed by atoms with Crippen LogP contribution in [0.1, 0.15) is 17.5 Å². The topological polar surface area (TPSA) is 12.0 Å². The summed E-state index contributed by atoms with van der Waals surface area (Å²) in [6, 6.07) is 6.54. The highest BCUT2D eigenvalue weighted by atomic mass is 35.5. The van der Waals surface area contributed by atoms with Gasteiger partial charge in [-0.25, -0.2) is 0 Å². The molecule has 2 fully saturated rings. The van der Waals surface area contributed by atoms with Crippen molar-refractivity contribution in [2.45, 2.75) is 18.8 Å². The summed E-state index contributed by atoms with van der Waals surface area (Å²) in [5.74, 6) is 0.862. The number of rotatable bonds is 1. The Bertz CT molecular complexity index is 388. The molecule has 2 atom stereocenters. The second kappa shape index (κ2) is 2.74. The van der Waals surface area contributed by atoms with Gasteiger partial charge in [0.1, 0.15) is 0 Å². The SMILES string of the molecule is Cc1ccc(C23CNCC2C3)cc1Cl. The average molecular weight is 208 g/mol. The molecule has 1 aliphatic heterocycles. The molecule has 0 amide bonds. The van der Waals surface area contributed by atoms with Crippen LogP contribution in [0.15, 0.2) is 18.2 Å². The maximum absolute atomic E-state index is 6.15. The maximum Gasteiger partial charge on any atom is 0.0438 e. The summed E-state index contributed by atoms with van der Waals surface area (Å²) in [6.45, 7) is 4.38. The van der Waals surface area contributed by atoms with Gasteiger partial charge in [0.2, 0.25) is 0 Å². The van der Waals surface area contributed by atoms with Crippen LogP contribution >= 0.6 is 11.6 Å². The minimum atomic E-state index is 0.442. The Morgan fingerprint density at radius 1 is 1.50 bits per heavy atom. The quantitative estimate of drug-likeness (QED) is 0.746. The van der Waals surface area contributed by atoms with E-state index < -0.39 is 0 Å². The lowest BCUT2D eigenvalue weighted by molar-refractivity contribution is 0.675. The monoisotopic (exact) mass is 207 g/mol. The number of fused-ring (bicyclic) bond motifs is 1. The van der Waals surface area contributed by atoms with Crippen molar-refractivity contribution in [3.63, 3.8) is 0 Å². The number of hydrogen-bond acceptors (Lipinski definition) is 1. The van der Waals surface area contributed by atoms with Crippen LogP contribution in [0.5, 0.6) is 0 Å². The first kappa shape index (κ1) is 8.75.